The molecule has 0 radical (unpaired) electrons. The number of halogens is 1. The molecule has 0 atom stereocenters. The number of rotatable bonds is 8. The first-order chi connectivity index (χ1) is 13.6. The van der Waals surface area contributed by atoms with Gasteiger partial charge in [0.2, 0.25) is 5.91 Å². The van der Waals surface area contributed by atoms with Crippen molar-refractivity contribution >= 4 is 27.7 Å². The van der Waals surface area contributed by atoms with E-state index in [9.17, 15) is 4.79 Å². The molecule has 0 aliphatic rings. The fourth-order valence-electron chi connectivity index (χ4n) is 2.83. The Balaban J connectivity index is 1.79. The molecule has 0 bridgehead atoms. The zero-order valence-corrected chi connectivity index (χ0v) is 17.2. The molecule has 1 heterocycles. The summed E-state index contributed by atoms with van der Waals surface area (Å²) in [5.74, 6) is 1.13. The van der Waals surface area contributed by atoms with Gasteiger partial charge in [0.15, 0.2) is 0 Å². The number of pyridine rings is 1. The van der Waals surface area contributed by atoms with E-state index >= 15 is 0 Å². The van der Waals surface area contributed by atoms with Crippen LogP contribution in [0.2, 0.25) is 0 Å². The van der Waals surface area contributed by atoms with Crippen molar-refractivity contribution in [2.45, 2.75) is 20.1 Å². The van der Waals surface area contributed by atoms with Gasteiger partial charge in [-0.15, -0.1) is 0 Å². The van der Waals surface area contributed by atoms with E-state index in [4.69, 9.17) is 10.5 Å². The van der Waals surface area contributed by atoms with E-state index in [0.717, 1.165) is 33.7 Å². The maximum atomic E-state index is 11.3. The summed E-state index contributed by atoms with van der Waals surface area (Å²) in [6, 6.07) is 19.6. The Hall–Kier alpha value is -2.86. The van der Waals surface area contributed by atoms with Crippen LogP contribution in [0.25, 0.3) is 0 Å². The van der Waals surface area contributed by atoms with Crippen molar-refractivity contribution in [3.63, 3.8) is 0 Å². The molecular formula is C22H22BrN3O2. The molecule has 5 nitrogen and oxygen atoms in total. The molecule has 0 unspecified atom stereocenters. The smallest absolute Gasteiger partial charge is 0.250 e. The number of nitrogens with zero attached hydrogens (tertiary/aromatic N) is 2. The molecule has 0 fully saturated rings. The maximum Gasteiger partial charge on any atom is 0.250 e. The van der Waals surface area contributed by atoms with Crippen LogP contribution in [-0.4, -0.2) is 17.4 Å². The highest BCUT2D eigenvalue weighted by atomic mass is 79.9. The molecular weight excluding hydrogens is 418 g/mol. The van der Waals surface area contributed by atoms with Crippen LogP contribution in [0.3, 0.4) is 0 Å². The minimum Gasteiger partial charge on any atom is -0.489 e. The maximum absolute atomic E-state index is 11.3. The van der Waals surface area contributed by atoms with E-state index in [1.165, 1.54) is 6.20 Å². The average molecular weight is 440 g/mol. The van der Waals surface area contributed by atoms with Crippen LogP contribution in [0.1, 0.15) is 28.4 Å². The molecule has 0 saturated heterocycles. The van der Waals surface area contributed by atoms with Crippen molar-refractivity contribution in [1.82, 2.24) is 4.98 Å². The lowest BCUT2D eigenvalue weighted by Gasteiger charge is -2.23. The first-order valence-electron chi connectivity index (χ1n) is 9.02. The number of primary amides is 1. The van der Waals surface area contributed by atoms with Crippen LogP contribution in [0.5, 0.6) is 5.75 Å². The second-order valence-electron chi connectivity index (χ2n) is 6.31. The lowest BCUT2D eigenvalue weighted by molar-refractivity contribution is 0.1000. The molecule has 3 rings (SSSR count). The van der Waals surface area contributed by atoms with Crippen LogP contribution in [-0.2, 0) is 13.2 Å². The van der Waals surface area contributed by atoms with Gasteiger partial charge in [0.05, 0.1) is 5.56 Å². The molecule has 0 spiro atoms. The highest BCUT2D eigenvalue weighted by Gasteiger charge is 2.12. The van der Waals surface area contributed by atoms with Crippen LogP contribution in [0.15, 0.2) is 71.3 Å². The van der Waals surface area contributed by atoms with Gasteiger partial charge < -0.3 is 15.4 Å². The largest absolute Gasteiger partial charge is 0.489 e. The number of benzene rings is 2. The third kappa shape index (κ3) is 5.10. The van der Waals surface area contributed by atoms with E-state index < -0.39 is 5.91 Å². The van der Waals surface area contributed by atoms with Crippen molar-refractivity contribution in [2.75, 3.05) is 11.4 Å². The van der Waals surface area contributed by atoms with E-state index in [2.05, 4.69) is 38.8 Å². The van der Waals surface area contributed by atoms with Gasteiger partial charge in [0, 0.05) is 29.3 Å². The Morgan fingerprint density at radius 2 is 1.93 bits per heavy atom. The SMILES string of the molecule is CCN(Cc1cc(Br)ccc1OCc1ccccc1)c1ccc(C(N)=O)cn1. The molecule has 1 amide bonds. The topological polar surface area (TPSA) is 68.5 Å². The Kier molecular flexibility index (Phi) is 6.66. The zero-order valence-electron chi connectivity index (χ0n) is 15.6. The van der Waals surface area contributed by atoms with Crippen LogP contribution >= 0.6 is 15.9 Å². The Bertz CT molecular complexity index is 930. The average Bonchev–Trinajstić information content (AvgIpc) is 2.72. The van der Waals surface area contributed by atoms with E-state index in [-0.39, 0.29) is 0 Å². The van der Waals surface area contributed by atoms with Crippen LogP contribution < -0.4 is 15.4 Å². The fourth-order valence-corrected chi connectivity index (χ4v) is 3.24. The van der Waals surface area contributed by atoms with Gasteiger partial charge in [-0.3, -0.25) is 4.79 Å². The van der Waals surface area contributed by atoms with Gasteiger partial charge >= 0.3 is 0 Å². The lowest BCUT2D eigenvalue weighted by Crippen LogP contribution is -2.24. The second kappa shape index (κ2) is 9.37. The zero-order chi connectivity index (χ0) is 19.9. The molecule has 0 saturated carbocycles. The van der Waals surface area contributed by atoms with Crippen molar-refractivity contribution in [1.29, 1.82) is 0 Å². The van der Waals surface area contributed by atoms with Gasteiger partial charge in [-0.05, 0) is 42.8 Å². The predicted octanol–water partition coefficient (Wildman–Crippen LogP) is 4.55. The molecule has 0 aliphatic heterocycles. The standard InChI is InChI=1S/C22H22BrN3O2/c1-2-26(21-11-8-17(13-25-21)22(24)27)14-18-12-19(23)9-10-20(18)28-15-16-6-4-3-5-7-16/h3-13H,2,14-15H2,1H3,(H2,24,27). The van der Waals surface area contributed by atoms with Crippen molar-refractivity contribution in [3.05, 3.63) is 88.0 Å². The summed E-state index contributed by atoms with van der Waals surface area (Å²) < 4.78 is 7.07. The minimum atomic E-state index is -0.481. The van der Waals surface area contributed by atoms with Gasteiger partial charge in [0.25, 0.3) is 0 Å². The van der Waals surface area contributed by atoms with Crippen molar-refractivity contribution in [3.8, 4) is 5.75 Å². The van der Waals surface area contributed by atoms with Gasteiger partial charge in [-0.1, -0.05) is 46.3 Å². The molecule has 6 heteroatoms. The summed E-state index contributed by atoms with van der Waals surface area (Å²) >= 11 is 3.54. The third-order valence-corrected chi connectivity index (χ3v) is 4.85. The van der Waals surface area contributed by atoms with E-state index in [0.29, 0.717) is 18.7 Å². The van der Waals surface area contributed by atoms with Gasteiger partial charge in [-0.25, -0.2) is 4.98 Å². The van der Waals surface area contributed by atoms with E-state index in [1.54, 1.807) is 6.07 Å². The Labute approximate surface area is 173 Å². The number of aromatic nitrogens is 1. The van der Waals surface area contributed by atoms with Crippen molar-refractivity contribution in [2.24, 2.45) is 5.73 Å². The number of carbonyl (C=O) groups excluding carboxylic acids is 1. The number of amides is 1. The second-order valence-corrected chi connectivity index (χ2v) is 7.23. The first kappa shape index (κ1) is 19.9. The van der Waals surface area contributed by atoms with Crippen LogP contribution in [0.4, 0.5) is 5.82 Å². The number of hydrogen-bond acceptors (Lipinski definition) is 4. The summed E-state index contributed by atoms with van der Waals surface area (Å²) in [5, 5.41) is 0. The molecule has 2 N–H and O–H groups in total. The molecule has 144 valence electrons. The third-order valence-electron chi connectivity index (χ3n) is 4.36. The summed E-state index contributed by atoms with van der Waals surface area (Å²) in [5.41, 5.74) is 7.86. The fraction of sp³-hybridized carbons (Fsp3) is 0.182. The normalized spacial score (nSPS) is 10.5. The summed E-state index contributed by atoms with van der Waals surface area (Å²) in [4.78, 5) is 17.8. The predicted molar refractivity (Wildman–Crippen MR) is 114 cm³/mol. The molecule has 3 aromatic rings. The monoisotopic (exact) mass is 439 g/mol. The van der Waals surface area contributed by atoms with Gasteiger partial charge in [0.1, 0.15) is 18.2 Å². The molecule has 0 aliphatic carbocycles. The number of carbonyl (C=O) groups is 1. The summed E-state index contributed by atoms with van der Waals surface area (Å²) in [6.45, 7) is 3.95. The minimum absolute atomic E-state index is 0.397. The Morgan fingerprint density at radius 1 is 1.14 bits per heavy atom. The van der Waals surface area contributed by atoms with E-state index in [1.807, 2.05) is 48.5 Å². The first-order valence-corrected chi connectivity index (χ1v) is 9.82. The Morgan fingerprint density at radius 3 is 2.57 bits per heavy atom. The summed E-state index contributed by atoms with van der Waals surface area (Å²) in [6.07, 6.45) is 1.51. The number of ether oxygens (including phenoxy) is 1. The number of anilines is 1. The summed E-state index contributed by atoms with van der Waals surface area (Å²) in [7, 11) is 0. The molecule has 28 heavy (non-hydrogen) atoms. The highest BCUT2D eigenvalue weighted by molar-refractivity contribution is 9.10. The van der Waals surface area contributed by atoms with Crippen molar-refractivity contribution < 1.29 is 9.53 Å². The lowest BCUT2D eigenvalue weighted by atomic mass is 10.1. The van der Waals surface area contributed by atoms with Gasteiger partial charge in [-0.2, -0.15) is 0 Å². The number of nitrogens with two attached hydrogens (primary N) is 1. The van der Waals surface area contributed by atoms with Crippen LogP contribution in [0, 0.1) is 0 Å². The highest BCUT2D eigenvalue weighted by Crippen LogP contribution is 2.27. The molecule has 1 aromatic heterocycles. The molecule has 2 aromatic carbocycles. The quantitative estimate of drug-likeness (QED) is 0.558. The number of hydrogen-bond donors (Lipinski definition) is 1.